The normalized spacial score (nSPS) is 21.5. The Bertz CT molecular complexity index is 206. The fourth-order valence-corrected chi connectivity index (χ4v) is 1.68. The highest BCUT2D eigenvalue weighted by molar-refractivity contribution is 7.80. The van der Waals surface area contributed by atoms with Gasteiger partial charge in [0.2, 0.25) is 5.91 Å². The summed E-state index contributed by atoms with van der Waals surface area (Å²) in [6, 6.07) is -0.0793. The van der Waals surface area contributed by atoms with Gasteiger partial charge in [-0.05, 0) is 18.6 Å². The summed E-state index contributed by atoms with van der Waals surface area (Å²) in [5.74, 6) is 0.0292. The van der Waals surface area contributed by atoms with Crippen LogP contribution in [0.4, 0.5) is 0 Å². The van der Waals surface area contributed by atoms with Crippen LogP contribution in [0.15, 0.2) is 0 Å². The number of carbonyl (C=O) groups is 1. The predicted molar refractivity (Wildman–Crippen MR) is 56.4 cm³/mol. The van der Waals surface area contributed by atoms with Crippen LogP contribution in [0.5, 0.6) is 0 Å². The molecule has 13 heavy (non-hydrogen) atoms. The van der Waals surface area contributed by atoms with E-state index in [4.69, 9.17) is 12.2 Å². The van der Waals surface area contributed by atoms with E-state index >= 15 is 0 Å². The Labute approximate surface area is 84.3 Å². The number of carbonyl (C=O) groups excluding carboxylic acids is 1. The Morgan fingerprint density at radius 3 is 2.69 bits per heavy atom. The lowest BCUT2D eigenvalue weighted by Gasteiger charge is -2.06. The minimum Gasteiger partial charge on any atom is -0.351 e. The molecule has 0 saturated carbocycles. The van der Waals surface area contributed by atoms with E-state index in [9.17, 15) is 4.79 Å². The van der Waals surface area contributed by atoms with E-state index in [1.54, 1.807) is 0 Å². The van der Waals surface area contributed by atoms with Gasteiger partial charge in [-0.2, -0.15) is 0 Å². The zero-order valence-corrected chi connectivity index (χ0v) is 8.75. The Balaban J connectivity index is 2.14. The Kier molecular flexibility index (Phi) is 4.15. The number of hydrogen-bond donors (Lipinski definition) is 2. The first-order chi connectivity index (χ1) is 6.24. The summed E-state index contributed by atoms with van der Waals surface area (Å²) in [5, 5.41) is 6.02. The lowest BCUT2D eigenvalue weighted by molar-refractivity contribution is -0.120. The second-order valence-electron chi connectivity index (χ2n) is 3.36. The SMILES string of the molecule is CCCCCCC1NC(=S)NC1=O. The minimum absolute atomic E-state index is 0.0292. The highest BCUT2D eigenvalue weighted by Crippen LogP contribution is 2.07. The Hall–Kier alpha value is -0.640. The molecule has 1 saturated heterocycles. The molecular formula is C9H16N2OS. The molecule has 1 unspecified atom stereocenters. The van der Waals surface area contributed by atoms with Crippen molar-refractivity contribution in [3.8, 4) is 0 Å². The summed E-state index contributed by atoms with van der Waals surface area (Å²) in [6.45, 7) is 2.18. The molecule has 0 aliphatic carbocycles. The van der Waals surface area contributed by atoms with Crippen molar-refractivity contribution < 1.29 is 4.79 Å². The molecule has 0 spiro atoms. The molecule has 0 bridgehead atoms. The van der Waals surface area contributed by atoms with Gasteiger partial charge in [0, 0.05) is 0 Å². The van der Waals surface area contributed by atoms with E-state index in [-0.39, 0.29) is 11.9 Å². The number of unbranched alkanes of at least 4 members (excludes halogenated alkanes) is 3. The number of rotatable bonds is 5. The molecule has 0 aromatic rings. The summed E-state index contributed by atoms with van der Waals surface area (Å²) < 4.78 is 0. The largest absolute Gasteiger partial charge is 0.351 e. The summed E-state index contributed by atoms with van der Waals surface area (Å²) in [6.07, 6.45) is 5.67. The topological polar surface area (TPSA) is 41.1 Å². The minimum atomic E-state index is -0.0793. The van der Waals surface area contributed by atoms with Crippen LogP contribution >= 0.6 is 12.2 Å². The quantitative estimate of drug-likeness (QED) is 0.519. The molecule has 1 fully saturated rings. The second-order valence-corrected chi connectivity index (χ2v) is 3.77. The van der Waals surface area contributed by atoms with Gasteiger partial charge in [0.15, 0.2) is 5.11 Å². The van der Waals surface area contributed by atoms with Gasteiger partial charge in [0.25, 0.3) is 0 Å². The van der Waals surface area contributed by atoms with Gasteiger partial charge in [0.05, 0.1) is 0 Å². The molecule has 74 valence electrons. The van der Waals surface area contributed by atoms with Gasteiger partial charge in [-0.15, -0.1) is 0 Å². The third kappa shape index (κ3) is 3.30. The van der Waals surface area contributed by atoms with Crippen molar-refractivity contribution in [2.45, 2.75) is 45.1 Å². The van der Waals surface area contributed by atoms with Crippen LogP contribution in [0.3, 0.4) is 0 Å². The van der Waals surface area contributed by atoms with Crippen molar-refractivity contribution in [3.63, 3.8) is 0 Å². The summed E-state index contributed by atoms with van der Waals surface area (Å²) in [5.41, 5.74) is 0. The fraction of sp³-hybridized carbons (Fsp3) is 0.778. The van der Waals surface area contributed by atoms with E-state index in [0.29, 0.717) is 5.11 Å². The first kappa shape index (κ1) is 10.4. The summed E-state index contributed by atoms with van der Waals surface area (Å²) >= 11 is 4.83. The van der Waals surface area contributed by atoms with Gasteiger partial charge >= 0.3 is 0 Å². The molecule has 1 aliphatic rings. The molecule has 1 aliphatic heterocycles. The monoisotopic (exact) mass is 200 g/mol. The first-order valence-corrected chi connectivity index (χ1v) is 5.26. The van der Waals surface area contributed by atoms with Gasteiger partial charge < -0.3 is 10.6 Å². The van der Waals surface area contributed by atoms with Crippen molar-refractivity contribution in [1.29, 1.82) is 0 Å². The zero-order valence-electron chi connectivity index (χ0n) is 7.93. The van der Waals surface area contributed by atoms with Gasteiger partial charge in [-0.3, -0.25) is 4.79 Å². The van der Waals surface area contributed by atoms with Crippen molar-refractivity contribution in [3.05, 3.63) is 0 Å². The van der Waals surface area contributed by atoms with Crippen LogP contribution in [0, 0.1) is 0 Å². The first-order valence-electron chi connectivity index (χ1n) is 4.85. The van der Waals surface area contributed by atoms with E-state index < -0.39 is 0 Å². The molecule has 1 amide bonds. The van der Waals surface area contributed by atoms with Crippen LogP contribution in [0.25, 0.3) is 0 Å². The van der Waals surface area contributed by atoms with Crippen LogP contribution in [0.1, 0.15) is 39.0 Å². The maximum atomic E-state index is 11.2. The molecule has 0 aromatic heterocycles. The van der Waals surface area contributed by atoms with Crippen molar-refractivity contribution in [2.75, 3.05) is 0 Å². The van der Waals surface area contributed by atoms with Crippen LogP contribution < -0.4 is 10.6 Å². The highest BCUT2D eigenvalue weighted by atomic mass is 32.1. The highest BCUT2D eigenvalue weighted by Gasteiger charge is 2.25. The van der Waals surface area contributed by atoms with E-state index in [2.05, 4.69) is 17.6 Å². The zero-order chi connectivity index (χ0) is 9.68. The number of hydrogen-bond acceptors (Lipinski definition) is 2. The van der Waals surface area contributed by atoms with Crippen molar-refractivity contribution >= 4 is 23.2 Å². The standard InChI is InChI=1S/C9H16N2OS/c1-2-3-4-5-6-7-8(12)11-9(13)10-7/h7H,2-6H2,1H3,(H2,10,11,12,13). The number of amides is 1. The average Bonchev–Trinajstić information content (AvgIpc) is 2.39. The lowest BCUT2D eigenvalue weighted by Crippen LogP contribution is -2.28. The second kappa shape index (κ2) is 5.17. The molecule has 3 nitrogen and oxygen atoms in total. The summed E-state index contributed by atoms with van der Waals surface area (Å²) in [7, 11) is 0. The maximum absolute atomic E-state index is 11.2. The summed E-state index contributed by atoms with van der Waals surface area (Å²) in [4.78, 5) is 11.2. The fourth-order valence-electron chi connectivity index (χ4n) is 1.44. The Morgan fingerprint density at radius 2 is 2.15 bits per heavy atom. The van der Waals surface area contributed by atoms with Gasteiger partial charge in [-0.1, -0.05) is 32.6 Å². The smallest absolute Gasteiger partial charge is 0.248 e. The van der Waals surface area contributed by atoms with Crippen LogP contribution in [-0.4, -0.2) is 17.1 Å². The molecule has 1 rings (SSSR count). The third-order valence-corrected chi connectivity index (χ3v) is 2.42. The van der Waals surface area contributed by atoms with Crippen molar-refractivity contribution in [1.82, 2.24) is 10.6 Å². The number of nitrogens with one attached hydrogen (secondary N) is 2. The van der Waals surface area contributed by atoms with Crippen molar-refractivity contribution in [2.24, 2.45) is 0 Å². The van der Waals surface area contributed by atoms with Gasteiger partial charge in [-0.25, -0.2) is 0 Å². The van der Waals surface area contributed by atoms with Crippen LogP contribution in [0.2, 0.25) is 0 Å². The number of thiocarbonyl (C=S) groups is 1. The third-order valence-electron chi connectivity index (χ3n) is 2.20. The van der Waals surface area contributed by atoms with E-state index in [1.165, 1.54) is 19.3 Å². The van der Waals surface area contributed by atoms with Crippen LogP contribution in [-0.2, 0) is 4.79 Å². The molecule has 1 atom stereocenters. The molecule has 2 N–H and O–H groups in total. The Morgan fingerprint density at radius 1 is 1.38 bits per heavy atom. The molecular weight excluding hydrogens is 184 g/mol. The molecule has 4 heteroatoms. The predicted octanol–water partition coefficient (Wildman–Crippen LogP) is 1.33. The maximum Gasteiger partial charge on any atom is 0.248 e. The van der Waals surface area contributed by atoms with E-state index in [0.717, 1.165) is 12.8 Å². The lowest BCUT2D eigenvalue weighted by atomic mass is 10.1. The molecule has 0 aromatic carbocycles. The van der Waals surface area contributed by atoms with Gasteiger partial charge in [0.1, 0.15) is 6.04 Å². The molecule has 0 radical (unpaired) electrons. The molecule has 1 heterocycles. The average molecular weight is 200 g/mol. The van der Waals surface area contributed by atoms with E-state index in [1.807, 2.05) is 0 Å².